The lowest BCUT2D eigenvalue weighted by Gasteiger charge is -2.14. The minimum Gasteiger partial charge on any atom is -0.481 e. The van der Waals surface area contributed by atoms with Crippen LogP contribution in [-0.4, -0.2) is 41.2 Å². The Labute approximate surface area is 196 Å². The molecule has 0 bridgehead atoms. The zero-order valence-corrected chi connectivity index (χ0v) is 18.2. The maximum absolute atomic E-state index is 12.5. The van der Waals surface area contributed by atoms with Crippen LogP contribution >= 0.6 is 0 Å². The zero-order valence-electron chi connectivity index (χ0n) is 18.2. The maximum Gasteiger partial charge on any atom is 0.412 e. The Morgan fingerprint density at radius 3 is 2.26 bits per heavy atom. The van der Waals surface area contributed by atoms with Crippen LogP contribution in [0.4, 0.5) is 10.6 Å². The Morgan fingerprint density at radius 2 is 1.62 bits per heavy atom. The molecule has 8 nitrogen and oxygen atoms in total. The molecule has 1 aromatic heterocycles. The molecular formula is C26H23N3O5. The highest BCUT2D eigenvalue weighted by Crippen LogP contribution is 2.44. The van der Waals surface area contributed by atoms with E-state index in [0.717, 1.165) is 22.3 Å². The molecule has 0 spiro atoms. The number of hydrogen-bond donors (Lipinski definition) is 3. The quantitative estimate of drug-likeness (QED) is 0.495. The van der Waals surface area contributed by atoms with Gasteiger partial charge in [-0.3, -0.25) is 14.9 Å². The molecule has 1 saturated carbocycles. The number of ether oxygens (including phenoxy) is 1. The summed E-state index contributed by atoms with van der Waals surface area (Å²) in [5, 5.41) is 14.2. The fraction of sp³-hybridized carbons (Fsp3) is 0.231. The molecule has 5 rings (SSSR count). The highest BCUT2D eigenvalue weighted by molar-refractivity contribution is 5.93. The number of aromatic nitrogens is 1. The van der Waals surface area contributed by atoms with Crippen LogP contribution in [0.2, 0.25) is 0 Å². The number of anilines is 1. The van der Waals surface area contributed by atoms with Crippen molar-refractivity contribution in [3.63, 3.8) is 0 Å². The Morgan fingerprint density at radius 1 is 0.941 bits per heavy atom. The van der Waals surface area contributed by atoms with Crippen molar-refractivity contribution in [2.45, 2.75) is 12.3 Å². The number of carbonyl (C=O) groups excluding carboxylic acids is 2. The Bertz CT molecular complexity index is 1230. The van der Waals surface area contributed by atoms with Crippen LogP contribution in [0.3, 0.4) is 0 Å². The van der Waals surface area contributed by atoms with Gasteiger partial charge < -0.3 is 15.2 Å². The highest BCUT2D eigenvalue weighted by atomic mass is 16.5. The summed E-state index contributed by atoms with van der Waals surface area (Å²) in [6, 6.07) is 20.9. The van der Waals surface area contributed by atoms with E-state index in [1.807, 2.05) is 36.4 Å². The Hall–Kier alpha value is -4.20. The number of hydrogen-bond acceptors (Lipinski definition) is 5. The Balaban J connectivity index is 1.18. The van der Waals surface area contributed by atoms with Gasteiger partial charge in [-0.05, 0) is 46.7 Å². The average Bonchev–Trinajstić information content (AvgIpc) is 3.57. The maximum atomic E-state index is 12.5. The van der Waals surface area contributed by atoms with Crippen LogP contribution in [0.25, 0.3) is 11.1 Å². The monoisotopic (exact) mass is 457 g/mol. The SMILES string of the molecule is O=C(Nc1cccc(C(=O)NC[C@@H]2C[C@@H]2C(=O)O)n1)OCC1c2ccccc2-c2ccccc21. The van der Waals surface area contributed by atoms with Crippen molar-refractivity contribution >= 4 is 23.8 Å². The number of fused-ring (bicyclic) bond motifs is 3. The van der Waals surface area contributed by atoms with Crippen molar-refractivity contribution in [1.82, 2.24) is 10.3 Å². The van der Waals surface area contributed by atoms with Gasteiger partial charge in [-0.15, -0.1) is 0 Å². The van der Waals surface area contributed by atoms with E-state index in [0.29, 0.717) is 6.42 Å². The Kier molecular flexibility index (Phi) is 5.71. The smallest absolute Gasteiger partial charge is 0.412 e. The second-order valence-electron chi connectivity index (χ2n) is 8.51. The number of benzene rings is 2. The van der Waals surface area contributed by atoms with Crippen molar-refractivity contribution in [2.24, 2.45) is 11.8 Å². The van der Waals surface area contributed by atoms with Crippen LogP contribution in [-0.2, 0) is 9.53 Å². The lowest BCUT2D eigenvalue weighted by molar-refractivity contribution is -0.138. The summed E-state index contributed by atoms with van der Waals surface area (Å²) in [7, 11) is 0. The third-order valence-corrected chi connectivity index (χ3v) is 6.32. The predicted molar refractivity (Wildman–Crippen MR) is 124 cm³/mol. The van der Waals surface area contributed by atoms with E-state index in [-0.39, 0.29) is 36.5 Å². The summed E-state index contributed by atoms with van der Waals surface area (Å²) >= 11 is 0. The van der Waals surface area contributed by atoms with Gasteiger partial charge in [0.2, 0.25) is 0 Å². The first-order valence-corrected chi connectivity index (χ1v) is 11.1. The molecule has 34 heavy (non-hydrogen) atoms. The van der Waals surface area contributed by atoms with E-state index in [2.05, 4.69) is 27.8 Å². The number of rotatable bonds is 7. The molecule has 1 heterocycles. The van der Waals surface area contributed by atoms with E-state index in [4.69, 9.17) is 9.84 Å². The number of nitrogens with one attached hydrogen (secondary N) is 2. The first-order valence-electron chi connectivity index (χ1n) is 11.1. The zero-order chi connectivity index (χ0) is 23.7. The second kappa shape index (κ2) is 8.97. The number of carbonyl (C=O) groups is 3. The molecule has 2 aliphatic carbocycles. The van der Waals surface area contributed by atoms with Gasteiger partial charge in [-0.2, -0.15) is 0 Å². The molecule has 1 fully saturated rings. The van der Waals surface area contributed by atoms with Crippen LogP contribution in [0.5, 0.6) is 0 Å². The lowest BCUT2D eigenvalue weighted by Crippen LogP contribution is -2.27. The molecule has 3 aromatic rings. The third-order valence-electron chi connectivity index (χ3n) is 6.32. The molecule has 3 N–H and O–H groups in total. The van der Waals surface area contributed by atoms with Gasteiger partial charge in [-0.1, -0.05) is 54.6 Å². The molecule has 0 aliphatic heterocycles. The number of carboxylic acids is 1. The van der Waals surface area contributed by atoms with Gasteiger partial charge >= 0.3 is 12.1 Å². The molecule has 0 radical (unpaired) electrons. The number of nitrogens with zero attached hydrogens (tertiary/aromatic N) is 1. The molecule has 2 atom stereocenters. The van der Waals surface area contributed by atoms with Gasteiger partial charge in [0.05, 0.1) is 5.92 Å². The van der Waals surface area contributed by atoms with E-state index in [1.54, 1.807) is 12.1 Å². The molecule has 2 aromatic carbocycles. The predicted octanol–water partition coefficient (Wildman–Crippen LogP) is 3.89. The average molecular weight is 457 g/mol. The standard InChI is InChI=1S/C26H23N3O5/c30-24(27-13-15-12-20(15)25(31)32)22-10-5-11-23(28-22)29-26(33)34-14-21-18-8-3-1-6-16(18)17-7-2-4-9-19(17)21/h1-11,15,20-21H,12-14H2,(H,27,30)(H,31,32)(H,28,29,33)/t15-,20-/m0/s1. The molecule has 8 heteroatoms. The third kappa shape index (κ3) is 4.34. The topological polar surface area (TPSA) is 118 Å². The van der Waals surface area contributed by atoms with Gasteiger partial charge in [0.1, 0.15) is 18.1 Å². The fourth-order valence-corrected chi connectivity index (χ4v) is 4.46. The summed E-state index contributed by atoms with van der Waals surface area (Å²) in [5.74, 6) is -1.57. The number of carboxylic acid groups (broad SMARTS) is 1. The summed E-state index contributed by atoms with van der Waals surface area (Å²) < 4.78 is 5.52. The van der Waals surface area contributed by atoms with Gasteiger partial charge in [-0.25, -0.2) is 9.78 Å². The molecule has 2 amide bonds. The molecule has 0 unspecified atom stereocenters. The number of pyridine rings is 1. The van der Waals surface area contributed by atoms with Crippen molar-refractivity contribution in [3.05, 3.63) is 83.6 Å². The second-order valence-corrected chi connectivity index (χ2v) is 8.51. The molecule has 0 saturated heterocycles. The van der Waals surface area contributed by atoms with Gasteiger partial charge in [0.25, 0.3) is 5.91 Å². The lowest BCUT2D eigenvalue weighted by atomic mass is 9.98. The van der Waals surface area contributed by atoms with Crippen LogP contribution in [0.15, 0.2) is 66.7 Å². The van der Waals surface area contributed by atoms with Gasteiger partial charge in [0, 0.05) is 12.5 Å². The number of amides is 2. The van der Waals surface area contributed by atoms with Crippen molar-refractivity contribution in [2.75, 3.05) is 18.5 Å². The van der Waals surface area contributed by atoms with Crippen molar-refractivity contribution in [3.8, 4) is 11.1 Å². The summed E-state index contributed by atoms with van der Waals surface area (Å²) in [4.78, 5) is 39.9. The van der Waals surface area contributed by atoms with E-state index in [9.17, 15) is 14.4 Å². The van der Waals surface area contributed by atoms with Crippen molar-refractivity contribution < 1.29 is 24.2 Å². The molecule has 2 aliphatic rings. The largest absolute Gasteiger partial charge is 0.481 e. The van der Waals surface area contributed by atoms with Gasteiger partial charge in [0.15, 0.2) is 0 Å². The van der Waals surface area contributed by atoms with E-state index < -0.39 is 23.9 Å². The summed E-state index contributed by atoms with van der Waals surface area (Å²) in [5.41, 5.74) is 4.66. The summed E-state index contributed by atoms with van der Waals surface area (Å²) in [6.45, 7) is 0.452. The first-order chi connectivity index (χ1) is 16.5. The normalized spacial score (nSPS) is 17.9. The van der Waals surface area contributed by atoms with E-state index >= 15 is 0 Å². The molecule has 172 valence electrons. The fourth-order valence-electron chi connectivity index (χ4n) is 4.46. The van der Waals surface area contributed by atoms with Crippen LogP contribution in [0, 0.1) is 11.8 Å². The van der Waals surface area contributed by atoms with Crippen LogP contribution < -0.4 is 10.6 Å². The minimum atomic E-state index is -0.841. The molecular weight excluding hydrogens is 434 g/mol. The first kappa shape index (κ1) is 21.6. The number of aliphatic carboxylic acids is 1. The van der Waals surface area contributed by atoms with E-state index in [1.165, 1.54) is 6.07 Å². The minimum absolute atomic E-state index is 0.0522. The highest BCUT2D eigenvalue weighted by Gasteiger charge is 2.43. The van der Waals surface area contributed by atoms with Crippen molar-refractivity contribution in [1.29, 1.82) is 0 Å². The van der Waals surface area contributed by atoms with Crippen LogP contribution in [0.1, 0.15) is 34.0 Å². The summed E-state index contributed by atoms with van der Waals surface area (Å²) in [6.07, 6.45) is -0.0962.